The monoisotopic (exact) mass is 314 g/mol. The van der Waals surface area contributed by atoms with Gasteiger partial charge in [-0.05, 0) is 31.4 Å². The molecule has 2 bridgehead atoms. The van der Waals surface area contributed by atoms with Crippen molar-refractivity contribution in [1.82, 2.24) is 20.4 Å². The number of amides is 1. The zero-order valence-electron chi connectivity index (χ0n) is 12.8. The summed E-state index contributed by atoms with van der Waals surface area (Å²) in [6.45, 7) is 1.44. The number of benzene rings is 1. The summed E-state index contributed by atoms with van der Waals surface area (Å²) >= 11 is 0. The van der Waals surface area contributed by atoms with Crippen molar-refractivity contribution in [2.45, 2.75) is 31.3 Å². The molecule has 1 amide bonds. The maximum atomic E-state index is 14.0. The van der Waals surface area contributed by atoms with Crippen LogP contribution in [-0.4, -0.2) is 46.2 Å². The number of carbonyl (C=O) groups excluding carboxylic acids is 1. The molecule has 120 valence electrons. The van der Waals surface area contributed by atoms with Gasteiger partial charge in [0, 0.05) is 30.7 Å². The van der Waals surface area contributed by atoms with E-state index in [2.05, 4.69) is 15.5 Å². The lowest BCUT2D eigenvalue weighted by molar-refractivity contribution is 0.0749. The SMILES string of the molecule is O=C(c1cn[nH]c1-c1ccccc1F)N1CCC2CCC(C1)N2. The molecule has 2 atom stereocenters. The van der Waals surface area contributed by atoms with Crippen molar-refractivity contribution in [2.75, 3.05) is 13.1 Å². The molecule has 4 rings (SSSR count). The molecule has 6 heteroatoms. The van der Waals surface area contributed by atoms with Crippen LogP contribution in [0.2, 0.25) is 0 Å². The first-order chi connectivity index (χ1) is 11.2. The Morgan fingerprint density at radius 1 is 1.22 bits per heavy atom. The molecule has 2 unspecified atom stereocenters. The van der Waals surface area contributed by atoms with Crippen LogP contribution in [0, 0.1) is 5.82 Å². The smallest absolute Gasteiger partial charge is 0.257 e. The minimum atomic E-state index is -0.359. The van der Waals surface area contributed by atoms with E-state index in [0.717, 1.165) is 19.4 Å². The third kappa shape index (κ3) is 2.63. The van der Waals surface area contributed by atoms with E-state index in [1.165, 1.54) is 18.7 Å². The van der Waals surface area contributed by atoms with Gasteiger partial charge < -0.3 is 10.2 Å². The lowest BCUT2D eigenvalue weighted by Gasteiger charge is -2.24. The number of hydrogen-bond acceptors (Lipinski definition) is 3. The number of hydrogen-bond donors (Lipinski definition) is 2. The molecule has 2 N–H and O–H groups in total. The Morgan fingerprint density at radius 2 is 2.04 bits per heavy atom. The van der Waals surface area contributed by atoms with E-state index >= 15 is 0 Å². The highest BCUT2D eigenvalue weighted by Crippen LogP contribution is 2.27. The van der Waals surface area contributed by atoms with Crippen LogP contribution in [0.3, 0.4) is 0 Å². The van der Waals surface area contributed by atoms with Gasteiger partial charge in [0.25, 0.3) is 5.91 Å². The van der Waals surface area contributed by atoms with Gasteiger partial charge in [-0.3, -0.25) is 9.89 Å². The summed E-state index contributed by atoms with van der Waals surface area (Å²) in [5.41, 5.74) is 1.27. The highest BCUT2D eigenvalue weighted by atomic mass is 19.1. The summed E-state index contributed by atoms with van der Waals surface area (Å²) < 4.78 is 14.0. The van der Waals surface area contributed by atoms with Crippen LogP contribution in [0.25, 0.3) is 11.3 Å². The second-order valence-corrected chi connectivity index (χ2v) is 6.32. The van der Waals surface area contributed by atoms with Gasteiger partial charge in [-0.1, -0.05) is 12.1 Å². The summed E-state index contributed by atoms with van der Waals surface area (Å²) in [6, 6.07) is 7.32. The summed E-state index contributed by atoms with van der Waals surface area (Å²) in [5.74, 6) is -0.436. The maximum Gasteiger partial charge on any atom is 0.257 e. The molecule has 0 saturated carbocycles. The number of nitrogens with zero attached hydrogens (tertiary/aromatic N) is 2. The van der Waals surface area contributed by atoms with E-state index in [1.807, 2.05) is 4.90 Å². The van der Waals surface area contributed by atoms with E-state index in [0.29, 0.717) is 35.4 Å². The van der Waals surface area contributed by atoms with Crippen LogP contribution in [0.1, 0.15) is 29.6 Å². The number of carbonyl (C=O) groups is 1. The van der Waals surface area contributed by atoms with Gasteiger partial charge in [-0.25, -0.2) is 4.39 Å². The second-order valence-electron chi connectivity index (χ2n) is 6.32. The zero-order chi connectivity index (χ0) is 15.8. The Morgan fingerprint density at radius 3 is 2.91 bits per heavy atom. The van der Waals surface area contributed by atoms with Crippen molar-refractivity contribution >= 4 is 5.91 Å². The molecule has 2 saturated heterocycles. The van der Waals surface area contributed by atoms with Crippen molar-refractivity contribution in [3.63, 3.8) is 0 Å². The lowest BCUT2D eigenvalue weighted by atomic mass is 10.0. The summed E-state index contributed by atoms with van der Waals surface area (Å²) in [6.07, 6.45) is 4.77. The van der Waals surface area contributed by atoms with E-state index in [9.17, 15) is 9.18 Å². The van der Waals surface area contributed by atoms with Crippen molar-refractivity contribution in [1.29, 1.82) is 0 Å². The Hall–Kier alpha value is -2.21. The topological polar surface area (TPSA) is 61.0 Å². The number of rotatable bonds is 2. The molecule has 3 heterocycles. The number of aromatic nitrogens is 2. The van der Waals surface area contributed by atoms with Crippen LogP contribution in [-0.2, 0) is 0 Å². The van der Waals surface area contributed by atoms with Crippen molar-refractivity contribution in [3.05, 3.63) is 41.8 Å². The fourth-order valence-electron chi connectivity index (χ4n) is 3.62. The van der Waals surface area contributed by atoms with Crippen molar-refractivity contribution < 1.29 is 9.18 Å². The molecule has 23 heavy (non-hydrogen) atoms. The molecule has 2 aromatic rings. The molecular formula is C17H19FN4O. The summed E-state index contributed by atoms with van der Waals surface area (Å²) in [5, 5.41) is 10.3. The molecule has 2 aliphatic rings. The number of nitrogens with one attached hydrogen (secondary N) is 2. The van der Waals surface area contributed by atoms with Crippen molar-refractivity contribution in [3.8, 4) is 11.3 Å². The number of H-pyrrole nitrogens is 1. The van der Waals surface area contributed by atoms with Gasteiger partial charge in [0.15, 0.2) is 0 Å². The molecule has 1 aromatic heterocycles. The van der Waals surface area contributed by atoms with E-state index in [1.54, 1.807) is 18.2 Å². The maximum absolute atomic E-state index is 14.0. The average Bonchev–Trinajstić information content (AvgIpc) is 3.14. The number of halogens is 1. The number of fused-ring (bicyclic) bond motifs is 2. The molecular weight excluding hydrogens is 295 g/mol. The Kier molecular flexibility index (Phi) is 3.61. The summed E-state index contributed by atoms with van der Waals surface area (Å²) in [7, 11) is 0. The standard InChI is InChI=1S/C17H19FN4O/c18-15-4-2-1-3-13(15)16-14(9-19-21-16)17(23)22-8-7-11-5-6-12(10-22)20-11/h1-4,9,11-12,20H,5-8,10H2,(H,19,21). The van der Waals surface area contributed by atoms with Gasteiger partial charge in [-0.15, -0.1) is 0 Å². The molecule has 5 nitrogen and oxygen atoms in total. The van der Waals surface area contributed by atoms with Gasteiger partial charge in [-0.2, -0.15) is 5.10 Å². The van der Waals surface area contributed by atoms with Gasteiger partial charge in [0.1, 0.15) is 5.82 Å². The van der Waals surface area contributed by atoms with Gasteiger partial charge in [0.2, 0.25) is 0 Å². The first-order valence-electron chi connectivity index (χ1n) is 8.06. The summed E-state index contributed by atoms with van der Waals surface area (Å²) in [4.78, 5) is 14.8. The van der Waals surface area contributed by atoms with Crippen LogP contribution in [0.5, 0.6) is 0 Å². The highest BCUT2D eigenvalue weighted by Gasteiger charge is 2.32. The Labute approximate surface area is 133 Å². The highest BCUT2D eigenvalue weighted by molar-refractivity contribution is 5.99. The zero-order valence-corrected chi connectivity index (χ0v) is 12.8. The van der Waals surface area contributed by atoms with Crippen LogP contribution < -0.4 is 5.32 Å². The first-order valence-corrected chi connectivity index (χ1v) is 8.06. The minimum Gasteiger partial charge on any atom is -0.337 e. The second kappa shape index (κ2) is 5.77. The average molecular weight is 314 g/mol. The van der Waals surface area contributed by atoms with Gasteiger partial charge in [0.05, 0.1) is 17.5 Å². The van der Waals surface area contributed by atoms with E-state index in [-0.39, 0.29) is 11.7 Å². The fraction of sp³-hybridized carbons (Fsp3) is 0.412. The van der Waals surface area contributed by atoms with Gasteiger partial charge >= 0.3 is 0 Å². The normalized spacial score (nSPS) is 23.8. The largest absolute Gasteiger partial charge is 0.337 e. The molecule has 0 aliphatic carbocycles. The third-order valence-electron chi connectivity index (χ3n) is 4.82. The van der Waals surface area contributed by atoms with E-state index < -0.39 is 0 Å². The molecule has 2 aliphatic heterocycles. The Bertz CT molecular complexity index is 729. The van der Waals surface area contributed by atoms with Crippen LogP contribution in [0.15, 0.2) is 30.5 Å². The predicted octanol–water partition coefficient (Wildman–Crippen LogP) is 2.18. The molecule has 0 radical (unpaired) electrons. The minimum absolute atomic E-state index is 0.0775. The first kappa shape index (κ1) is 14.4. The lowest BCUT2D eigenvalue weighted by Crippen LogP contribution is -2.39. The molecule has 2 fully saturated rings. The Balaban J connectivity index is 1.63. The van der Waals surface area contributed by atoms with E-state index in [4.69, 9.17) is 0 Å². The van der Waals surface area contributed by atoms with Crippen LogP contribution in [0.4, 0.5) is 4.39 Å². The third-order valence-corrected chi connectivity index (χ3v) is 4.82. The number of likely N-dealkylation sites (tertiary alicyclic amines) is 1. The molecule has 0 spiro atoms. The van der Waals surface area contributed by atoms with Crippen LogP contribution >= 0.6 is 0 Å². The quantitative estimate of drug-likeness (QED) is 0.893. The number of aromatic amines is 1. The van der Waals surface area contributed by atoms with Crippen molar-refractivity contribution in [2.24, 2.45) is 0 Å². The fourth-order valence-corrected chi connectivity index (χ4v) is 3.62. The predicted molar refractivity (Wildman–Crippen MR) is 84.4 cm³/mol. The molecule has 1 aromatic carbocycles.